The highest BCUT2D eigenvalue weighted by molar-refractivity contribution is 9.11. The molecule has 0 bridgehead atoms. The zero-order chi connectivity index (χ0) is 12.1. The van der Waals surface area contributed by atoms with Gasteiger partial charge in [0, 0.05) is 0 Å². The van der Waals surface area contributed by atoms with Crippen molar-refractivity contribution in [2.45, 2.75) is 19.4 Å². The number of hydrogen-bond donors (Lipinski definition) is 1. The van der Waals surface area contributed by atoms with E-state index in [-0.39, 0.29) is 6.61 Å². The van der Waals surface area contributed by atoms with Crippen LogP contribution in [0.2, 0.25) is 0 Å². The third-order valence-electron chi connectivity index (χ3n) is 2.11. The second-order valence-electron chi connectivity index (χ2n) is 3.29. The Bertz CT molecular complexity index is 355. The summed E-state index contributed by atoms with van der Waals surface area (Å²) in [5.74, 6) is 1.41. The molecule has 16 heavy (non-hydrogen) atoms. The molecule has 0 aliphatic rings. The molecule has 0 saturated carbocycles. The van der Waals surface area contributed by atoms with Gasteiger partial charge < -0.3 is 14.6 Å². The number of benzene rings is 1. The number of methoxy groups -OCH3 is 1. The van der Waals surface area contributed by atoms with E-state index in [1.165, 1.54) is 0 Å². The standard InChI is InChI=1S/C11H14Br2O3/c1-3-7(14)6-16-11-5-8(12)10(15-2)4-9(11)13/h4-5,7,14H,3,6H2,1-2H3. The van der Waals surface area contributed by atoms with Gasteiger partial charge >= 0.3 is 0 Å². The fraction of sp³-hybridized carbons (Fsp3) is 0.455. The van der Waals surface area contributed by atoms with Crippen molar-refractivity contribution in [2.24, 2.45) is 0 Å². The smallest absolute Gasteiger partial charge is 0.135 e. The third kappa shape index (κ3) is 3.64. The molecule has 1 rings (SSSR count). The fourth-order valence-electron chi connectivity index (χ4n) is 1.08. The average molecular weight is 354 g/mol. The van der Waals surface area contributed by atoms with Crippen LogP contribution in [-0.2, 0) is 0 Å². The first-order valence-corrected chi connectivity index (χ1v) is 6.51. The molecule has 1 aromatic carbocycles. The molecule has 1 N–H and O–H groups in total. The number of aliphatic hydroxyl groups excluding tert-OH is 1. The van der Waals surface area contributed by atoms with Crippen molar-refractivity contribution < 1.29 is 14.6 Å². The molecule has 90 valence electrons. The van der Waals surface area contributed by atoms with Crippen LogP contribution < -0.4 is 9.47 Å². The molecule has 0 aromatic heterocycles. The monoisotopic (exact) mass is 352 g/mol. The predicted octanol–water partition coefficient (Wildman–Crippen LogP) is 3.37. The molecule has 3 nitrogen and oxygen atoms in total. The highest BCUT2D eigenvalue weighted by Gasteiger charge is 2.09. The summed E-state index contributed by atoms with van der Waals surface area (Å²) in [6, 6.07) is 3.63. The quantitative estimate of drug-likeness (QED) is 0.881. The number of ether oxygens (including phenoxy) is 2. The van der Waals surface area contributed by atoms with Crippen LogP contribution in [0.4, 0.5) is 0 Å². The van der Waals surface area contributed by atoms with Gasteiger partial charge in [0.25, 0.3) is 0 Å². The lowest BCUT2D eigenvalue weighted by Gasteiger charge is -2.13. The summed E-state index contributed by atoms with van der Waals surface area (Å²) >= 11 is 6.76. The van der Waals surface area contributed by atoms with Crippen LogP contribution in [-0.4, -0.2) is 24.9 Å². The molecule has 0 aliphatic carbocycles. The molecule has 0 aliphatic heterocycles. The van der Waals surface area contributed by atoms with Crippen LogP contribution >= 0.6 is 31.9 Å². The van der Waals surface area contributed by atoms with Crippen LogP contribution in [0.15, 0.2) is 21.1 Å². The molecule has 1 aromatic rings. The maximum absolute atomic E-state index is 9.40. The van der Waals surface area contributed by atoms with Gasteiger partial charge in [0.1, 0.15) is 18.1 Å². The molecular weight excluding hydrogens is 340 g/mol. The molecule has 0 radical (unpaired) electrons. The number of rotatable bonds is 5. The predicted molar refractivity (Wildman–Crippen MR) is 70.2 cm³/mol. The Morgan fingerprint density at radius 2 is 1.81 bits per heavy atom. The van der Waals surface area contributed by atoms with Gasteiger partial charge in [-0.1, -0.05) is 6.92 Å². The van der Waals surface area contributed by atoms with Crippen molar-refractivity contribution in [3.05, 3.63) is 21.1 Å². The molecule has 1 atom stereocenters. The Balaban J connectivity index is 2.77. The van der Waals surface area contributed by atoms with Gasteiger partial charge in [-0.25, -0.2) is 0 Å². The largest absolute Gasteiger partial charge is 0.496 e. The Labute approximate surface area is 112 Å². The number of halogens is 2. The summed E-state index contributed by atoms with van der Waals surface area (Å²) in [6.45, 7) is 2.20. The normalized spacial score (nSPS) is 12.3. The summed E-state index contributed by atoms with van der Waals surface area (Å²) in [6.07, 6.45) is 0.238. The van der Waals surface area contributed by atoms with Crippen molar-refractivity contribution in [2.75, 3.05) is 13.7 Å². The van der Waals surface area contributed by atoms with E-state index in [1.807, 2.05) is 19.1 Å². The lowest BCUT2D eigenvalue weighted by atomic mass is 10.3. The van der Waals surface area contributed by atoms with Crippen LogP contribution in [0.1, 0.15) is 13.3 Å². The van der Waals surface area contributed by atoms with E-state index in [1.54, 1.807) is 7.11 Å². The zero-order valence-corrected chi connectivity index (χ0v) is 12.3. The van der Waals surface area contributed by atoms with Crippen LogP contribution in [0.5, 0.6) is 11.5 Å². The second-order valence-corrected chi connectivity index (χ2v) is 5.00. The minimum atomic E-state index is -0.437. The topological polar surface area (TPSA) is 38.7 Å². The second kappa shape index (κ2) is 6.47. The molecule has 5 heteroatoms. The minimum absolute atomic E-state index is 0.286. The van der Waals surface area contributed by atoms with E-state index in [0.717, 1.165) is 14.7 Å². The number of aliphatic hydroxyl groups is 1. The van der Waals surface area contributed by atoms with Gasteiger partial charge in [-0.3, -0.25) is 0 Å². The third-order valence-corrected chi connectivity index (χ3v) is 3.35. The zero-order valence-electron chi connectivity index (χ0n) is 9.17. The SMILES string of the molecule is CCC(O)COc1cc(Br)c(OC)cc1Br. The van der Waals surface area contributed by atoms with Crippen molar-refractivity contribution >= 4 is 31.9 Å². The fourth-order valence-corrected chi connectivity index (χ4v) is 2.00. The van der Waals surface area contributed by atoms with Crippen molar-refractivity contribution in [1.29, 1.82) is 0 Å². The molecule has 0 spiro atoms. The summed E-state index contributed by atoms with van der Waals surface area (Å²) < 4.78 is 12.3. The van der Waals surface area contributed by atoms with E-state index in [9.17, 15) is 5.11 Å². The van der Waals surface area contributed by atoms with E-state index in [0.29, 0.717) is 12.2 Å². The van der Waals surface area contributed by atoms with Gasteiger partial charge in [-0.15, -0.1) is 0 Å². The van der Waals surface area contributed by atoms with Crippen molar-refractivity contribution in [3.63, 3.8) is 0 Å². The highest BCUT2D eigenvalue weighted by atomic mass is 79.9. The maximum Gasteiger partial charge on any atom is 0.135 e. The summed E-state index contributed by atoms with van der Waals surface area (Å²) in [5.41, 5.74) is 0. The summed E-state index contributed by atoms with van der Waals surface area (Å²) in [7, 11) is 1.61. The van der Waals surface area contributed by atoms with Gasteiger partial charge in [-0.05, 0) is 50.4 Å². The number of hydrogen-bond acceptors (Lipinski definition) is 3. The Kier molecular flexibility index (Phi) is 5.58. The van der Waals surface area contributed by atoms with Crippen molar-refractivity contribution in [1.82, 2.24) is 0 Å². The van der Waals surface area contributed by atoms with E-state index >= 15 is 0 Å². The average Bonchev–Trinajstić information content (AvgIpc) is 2.29. The molecular formula is C11H14Br2O3. The van der Waals surface area contributed by atoms with Crippen molar-refractivity contribution in [3.8, 4) is 11.5 Å². The first-order chi connectivity index (χ1) is 7.58. The van der Waals surface area contributed by atoms with E-state index in [2.05, 4.69) is 31.9 Å². The minimum Gasteiger partial charge on any atom is -0.496 e. The highest BCUT2D eigenvalue weighted by Crippen LogP contribution is 2.36. The lowest BCUT2D eigenvalue weighted by Crippen LogP contribution is -2.16. The summed E-state index contributed by atoms with van der Waals surface area (Å²) in [5, 5.41) is 9.40. The first-order valence-electron chi connectivity index (χ1n) is 4.92. The van der Waals surface area contributed by atoms with Gasteiger partial charge in [0.15, 0.2) is 0 Å². The molecule has 0 amide bonds. The van der Waals surface area contributed by atoms with Gasteiger partial charge in [0.05, 0.1) is 22.2 Å². The Hall–Kier alpha value is -0.260. The Morgan fingerprint density at radius 1 is 1.25 bits per heavy atom. The van der Waals surface area contributed by atoms with Crippen LogP contribution in [0, 0.1) is 0 Å². The molecule has 0 heterocycles. The van der Waals surface area contributed by atoms with Gasteiger partial charge in [0.2, 0.25) is 0 Å². The van der Waals surface area contributed by atoms with E-state index < -0.39 is 6.10 Å². The van der Waals surface area contributed by atoms with E-state index in [4.69, 9.17) is 9.47 Å². The van der Waals surface area contributed by atoms with Crippen LogP contribution in [0.3, 0.4) is 0 Å². The molecule has 0 fully saturated rings. The Morgan fingerprint density at radius 3 is 2.38 bits per heavy atom. The maximum atomic E-state index is 9.40. The lowest BCUT2D eigenvalue weighted by molar-refractivity contribution is 0.104. The van der Waals surface area contributed by atoms with Gasteiger partial charge in [-0.2, -0.15) is 0 Å². The molecule has 0 saturated heterocycles. The van der Waals surface area contributed by atoms with Crippen LogP contribution in [0.25, 0.3) is 0 Å². The molecule has 1 unspecified atom stereocenters. The summed E-state index contributed by atoms with van der Waals surface area (Å²) in [4.78, 5) is 0. The first kappa shape index (κ1) is 13.8.